The molecule has 30 heavy (non-hydrogen) atoms. The van der Waals surface area contributed by atoms with Crippen LogP contribution in [0.2, 0.25) is 5.02 Å². The van der Waals surface area contributed by atoms with Gasteiger partial charge in [0.25, 0.3) is 0 Å². The fourth-order valence-corrected chi connectivity index (χ4v) is 3.66. The molecule has 0 atom stereocenters. The Morgan fingerprint density at radius 1 is 0.567 bits per heavy atom. The third-order valence-electron chi connectivity index (χ3n) is 5.20. The van der Waals surface area contributed by atoms with Gasteiger partial charge in [0.05, 0.1) is 0 Å². The van der Waals surface area contributed by atoms with Gasteiger partial charge in [-0.05, 0) is 72.5 Å². The maximum absolute atomic E-state index is 5.97. The van der Waals surface area contributed by atoms with Crippen LogP contribution in [0.5, 0.6) is 0 Å². The molecule has 0 bridgehead atoms. The first-order valence-electron chi connectivity index (χ1n) is 10.1. The minimum absolute atomic E-state index is 0.754. The average molecular weight is 410 g/mol. The first-order valence-corrected chi connectivity index (χ1v) is 10.4. The molecule has 0 saturated carbocycles. The van der Waals surface area contributed by atoms with Crippen LogP contribution in [-0.2, 0) is 0 Å². The molecular formula is C28H24ClN. The van der Waals surface area contributed by atoms with Gasteiger partial charge in [-0.2, -0.15) is 0 Å². The molecule has 148 valence electrons. The second kappa shape index (κ2) is 9.02. The Morgan fingerprint density at radius 3 is 1.47 bits per heavy atom. The minimum Gasteiger partial charge on any atom is -0.310 e. The number of aryl methyl sites for hydroxylation is 2. The molecule has 0 radical (unpaired) electrons. The summed E-state index contributed by atoms with van der Waals surface area (Å²) in [4.78, 5) is 2.33. The summed E-state index contributed by atoms with van der Waals surface area (Å²) >= 11 is 5.97. The van der Waals surface area contributed by atoms with E-state index in [-0.39, 0.29) is 0 Å². The summed E-state index contributed by atoms with van der Waals surface area (Å²) in [7, 11) is 0. The Morgan fingerprint density at radius 2 is 1.00 bits per heavy atom. The zero-order valence-corrected chi connectivity index (χ0v) is 18.0. The number of para-hydroxylation sites is 2. The molecule has 0 heterocycles. The van der Waals surface area contributed by atoms with E-state index in [0.717, 1.165) is 21.8 Å². The third-order valence-corrected chi connectivity index (χ3v) is 5.45. The number of halogens is 1. The van der Waals surface area contributed by atoms with Crippen molar-refractivity contribution in [2.24, 2.45) is 0 Å². The van der Waals surface area contributed by atoms with Crippen molar-refractivity contribution in [3.63, 3.8) is 0 Å². The number of rotatable bonds is 5. The van der Waals surface area contributed by atoms with Gasteiger partial charge in [0.15, 0.2) is 0 Å². The molecule has 0 fully saturated rings. The molecule has 0 N–H and O–H groups in total. The van der Waals surface area contributed by atoms with Crippen LogP contribution in [0.4, 0.5) is 17.1 Å². The fourth-order valence-electron chi connectivity index (χ4n) is 3.54. The predicted molar refractivity (Wildman–Crippen MR) is 131 cm³/mol. The van der Waals surface area contributed by atoms with E-state index in [1.165, 1.54) is 22.5 Å². The zero-order valence-electron chi connectivity index (χ0n) is 17.2. The van der Waals surface area contributed by atoms with Crippen LogP contribution in [0.25, 0.3) is 12.2 Å². The van der Waals surface area contributed by atoms with E-state index < -0.39 is 0 Å². The van der Waals surface area contributed by atoms with Crippen molar-refractivity contribution < 1.29 is 0 Å². The van der Waals surface area contributed by atoms with Crippen LogP contribution in [-0.4, -0.2) is 0 Å². The standard InChI is InChI=1S/C28H24ClN/c1-21-7-3-5-9-27(21)30(28-10-6-4-8-22(28)2)26-19-15-24(16-20-26)12-11-23-13-17-25(29)18-14-23/h3-20H,1-2H3. The van der Waals surface area contributed by atoms with E-state index >= 15 is 0 Å². The van der Waals surface area contributed by atoms with Crippen LogP contribution in [0, 0.1) is 13.8 Å². The zero-order chi connectivity index (χ0) is 20.9. The highest BCUT2D eigenvalue weighted by Crippen LogP contribution is 2.38. The largest absolute Gasteiger partial charge is 0.310 e. The lowest BCUT2D eigenvalue weighted by Gasteiger charge is -2.28. The van der Waals surface area contributed by atoms with Gasteiger partial charge in [-0.3, -0.25) is 0 Å². The lowest BCUT2D eigenvalue weighted by molar-refractivity contribution is 1.22. The maximum atomic E-state index is 5.97. The van der Waals surface area contributed by atoms with Gasteiger partial charge in [-0.1, -0.05) is 84.4 Å². The molecule has 4 rings (SSSR count). The number of hydrogen-bond acceptors (Lipinski definition) is 1. The van der Waals surface area contributed by atoms with Crippen molar-refractivity contribution in [3.05, 3.63) is 124 Å². The number of hydrogen-bond donors (Lipinski definition) is 0. The van der Waals surface area contributed by atoms with Crippen LogP contribution in [0.15, 0.2) is 97.1 Å². The number of anilines is 3. The van der Waals surface area contributed by atoms with Crippen LogP contribution in [0.1, 0.15) is 22.3 Å². The van der Waals surface area contributed by atoms with Crippen LogP contribution in [0.3, 0.4) is 0 Å². The second-order valence-electron chi connectivity index (χ2n) is 7.38. The Bertz CT molecular complexity index is 1110. The Labute approximate surface area is 183 Å². The third kappa shape index (κ3) is 4.48. The molecule has 4 aromatic rings. The van der Waals surface area contributed by atoms with E-state index in [4.69, 9.17) is 11.6 Å². The molecule has 0 spiro atoms. The molecular weight excluding hydrogens is 386 g/mol. The maximum Gasteiger partial charge on any atom is 0.0490 e. The normalized spacial score (nSPS) is 11.0. The fraction of sp³-hybridized carbons (Fsp3) is 0.0714. The molecule has 1 nitrogen and oxygen atoms in total. The average Bonchev–Trinajstić information content (AvgIpc) is 2.77. The van der Waals surface area contributed by atoms with E-state index in [9.17, 15) is 0 Å². The smallest absolute Gasteiger partial charge is 0.0490 e. The van der Waals surface area contributed by atoms with Gasteiger partial charge in [0.1, 0.15) is 0 Å². The Hall–Kier alpha value is -3.29. The molecule has 0 saturated heterocycles. The monoisotopic (exact) mass is 409 g/mol. The van der Waals surface area contributed by atoms with E-state index in [1.807, 2.05) is 24.3 Å². The van der Waals surface area contributed by atoms with Crippen molar-refractivity contribution in [3.8, 4) is 0 Å². The van der Waals surface area contributed by atoms with Gasteiger partial charge in [0.2, 0.25) is 0 Å². The Kier molecular flexibility index (Phi) is 6.02. The topological polar surface area (TPSA) is 3.24 Å². The van der Waals surface area contributed by atoms with Crippen molar-refractivity contribution in [2.75, 3.05) is 4.90 Å². The highest BCUT2D eigenvalue weighted by molar-refractivity contribution is 6.30. The van der Waals surface area contributed by atoms with E-state index in [2.05, 4.69) is 104 Å². The highest BCUT2D eigenvalue weighted by atomic mass is 35.5. The van der Waals surface area contributed by atoms with Crippen LogP contribution >= 0.6 is 11.6 Å². The van der Waals surface area contributed by atoms with Gasteiger partial charge in [-0.15, -0.1) is 0 Å². The summed E-state index contributed by atoms with van der Waals surface area (Å²) in [5.41, 5.74) is 8.29. The molecule has 0 unspecified atom stereocenters. The molecule has 0 aliphatic heterocycles. The predicted octanol–water partition coefficient (Wildman–Crippen LogP) is 8.60. The van der Waals surface area contributed by atoms with Crippen molar-refractivity contribution in [1.29, 1.82) is 0 Å². The molecule has 0 aliphatic rings. The molecule has 2 heteroatoms. The second-order valence-corrected chi connectivity index (χ2v) is 7.82. The van der Waals surface area contributed by atoms with Crippen LogP contribution < -0.4 is 4.90 Å². The highest BCUT2D eigenvalue weighted by Gasteiger charge is 2.15. The van der Waals surface area contributed by atoms with E-state index in [0.29, 0.717) is 0 Å². The molecule has 0 amide bonds. The lowest BCUT2D eigenvalue weighted by Crippen LogP contribution is -2.12. The first kappa shape index (κ1) is 20.0. The summed E-state index contributed by atoms with van der Waals surface area (Å²) in [5.74, 6) is 0. The van der Waals surface area contributed by atoms with Gasteiger partial charge >= 0.3 is 0 Å². The van der Waals surface area contributed by atoms with Crippen molar-refractivity contribution in [2.45, 2.75) is 13.8 Å². The quantitative estimate of drug-likeness (QED) is 0.298. The van der Waals surface area contributed by atoms with Crippen molar-refractivity contribution in [1.82, 2.24) is 0 Å². The van der Waals surface area contributed by atoms with Crippen molar-refractivity contribution >= 4 is 40.8 Å². The summed E-state index contributed by atoms with van der Waals surface area (Å²) in [6.45, 7) is 4.31. The molecule has 4 aromatic carbocycles. The number of nitrogens with zero attached hydrogens (tertiary/aromatic N) is 1. The summed E-state index contributed by atoms with van der Waals surface area (Å²) in [6, 6.07) is 33.6. The van der Waals surface area contributed by atoms with Gasteiger partial charge < -0.3 is 4.90 Å². The first-order chi connectivity index (χ1) is 14.6. The van der Waals surface area contributed by atoms with E-state index in [1.54, 1.807) is 0 Å². The number of benzene rings is 4. The lowest BCUT2D eigenvalue weighted by atomic mass is 10.1. The molecule has 0 aliphatic carbocycles. The molecule has 0 aromatic heterocycles. The minimum atomic E-state index is 0.754. The Balaban J connectivity index is 1.69. The summed E-state index contributed by atoms with van der Waals surface area (Å²) < 4.78 is 0. The van der Waals surface area contributed by atoms with Gasteiger partial charge in [0, 0.05) is 22.1 Å². The van der Waals surface area contributed by atoms with Gasteiger partial charge in [-0.25, -0.2) is 0 Å². The summed E-state index contributed by atoms with van der Waals surface area (Å²) in [6.07, 6.45) is 4.23. The SMILES string of the molecule is Cc1ccccc1N(c1ccc(C=Cc2ccc(Cl)cc2)cc1)c1ccccc1C. The summed E-state index contributed by atoms with van der Waals surface area (Å²) in [5, 5.41) is 0.754.